The van der Waals surface area contributed by atoms with Crippen molar-refractivity contribution in [2.24, 2.45) is 5.92 Å². The van der Waals surface area contributed by atoms with Gasteiger partial charge in [0.05, 0.1) is 5.52 Å². The van der Waals surface area contributed by atoms with E-state index in [4.69, 9.17) is 0 Å². The summed E-state index contributed by atoms with van der Waals surface area (Å²) >= 11 is 0. The van der Waals surface area contributed by atoms with Crippen molar-refractivity contribution in [1.29, 1.82) is 0 Å². The molecule has 0 radical (unpaired) electrons. The number of aryl methyl sites for hydroxylation is 1. The maximum Gasteiger partial charge on any atom is 0.177 e. The van der Waals surface area contributed by atoms with Gasteiger partial charge >= 0.3 is 0 Å². The highest BCUT2D eigenvalue weighted by atomic mass is 15.0. The topological polar surface area (TPSA) is 41.6 Å². The number of aromatic amines is 1. The van der Waals surface area contributed by atoms with Crippen LogP contribution in [0.2, 0.25) is 0 Å². The lowest BCUT2D eigenvalue weighted by atomic mass is 9.87. The van der Waals surface area contributed by atoms with Gasteiger partial charge in [-0.1, -0.05) is 32.1 Å². The zero-order valence-electron chi connectivity index (χ0n) is 10.4. The van der Waals surface area contributed by atoms with Crippen LogP contribution in [0.25, 0.3) is 11.2 Å². The van der Waals surface area contributed by atoms with Gasteiger partial charge in [-0.05, 0) is 24.5 Å². The quantitative estimate of drug-likeness (QED) is 0.857. The Hall–Kier alpha value is -1.38. The van der Waals surface area contributed by atoms with Crippen molar-refractivity contribution in [3.05, 3.63) is 23.7 Å². The molecule has 0 atom stereocenters. The molecule has 0 aliphatic heterocycles. The van der Waals surface area contributed by atoms with Gasteiger partial charge in [-0.3, -0.25) is 0 Å². The second-order valence-corrected chi connectivity index (χ2v) is 5.22. The van der Waals surface area contributed by atoms with Gasteiger partial charge in [-0.2, -0.15) is 0 Å². The third-order valence-corrected chi connectivity index (χ3v) is 3.86. The van der Waals surface area contributed by atoms with E-state index in [9.17, 15) is 0 Å². The lowest BCUT2D eigenvalue weighted by Crippen LogP contribution is -2.10. The molecule has 1 saturated carbocycles. The van der Waals surface area contributed by atoms with Gasteiger partial charge in [0.2, 0.25) is 0 Å². The number of nitrogens with zero attached hydrogens (tertiary/aromatic N) is 2. The molecule has 0 spiro atoms. The first-order chi connectivity index (χ1) is 8.33. The van der Waals surface area contributed by atoms with E-state index in [1.165, 1.54) is 37.7 Å². The predicted octanol–water partition coefficient (Wildman–Crippen LogP) is 3.39. The van der Waals surface area contributed by atoms with Crippen LogP contribution in [-0.4, -0.2) is 15.0 Å². The summed E-state index contributed by atoms with van der Waals surface area (Å²) in [6.45, 7) is 2.10. The molecule has 2 heterocycles. The summed E-state index contributed by atoms with van der Waals surface area (Å²) in [5, 5.41) is 0. The Balaban J connectivity index is 1.83. The smallest absolute Gasteiger partial charge is 0.177 e. The standard InChI is InChI=1S/C14H19N3/c1-10-7-8-15-14-13(10)16-12(17-14)9-11-5-3-2-4-6-11/h7-8,11H,2-6,9H2,1H3,(H,15,16,17). The van der Waals surface area contributed by atoms with Crippen LogP contribution in [0.4, 0.5) is 0 Å². The number of imidazole rings is 1. The van der Waals surface area contributed by atoms with Crippen LogP contribution in [0.15, 0.2) is 12.3 Å². The molecular formula is C14H19N3. The van der Waals surface area contributed by atoms with Gasteiger partial charge in [0, 0.05) is 12.6 Å². The number of hydrogen-bond acceptors (Lipinski definition) is 2. The molecule has 90 valence electrons. The van der Waals surface area contributed by atoms with Crippen molar-refractivity contribution >= 4 is 11.2 Å². The molecule has 3 rings (SSSR count). The molecule has 3 nitrogen and oxygen atoms in total. The van der Waals surface area contributed by atoms with Crippen LogP contribution >= 0.6 is 0 Å². The van der Waals surface area contributed by atoms with Crippen LogP contribution in [-0.2, 0) is 6.42 Å². The zero-order chi connectivity index (χ0) is 11.7. The Bertz CT molecular complexity index is 509. The number of H-pyrrole nitrogens is 1. The molecule has 2 aromatic heterocycles. The summed E-state index contributed by atoms with van der Waals surface area (Å²) in [5.41, 5.74) is 3.21. The summed E-state index contributed by atoms with van der Waals surface area (Å²) in [6.07, 6.45) is 9.85. The molecule has 3 heteroatoms. The van der Waals surface area contributed by atoms with E-state index in [2.05, 4.69) is 21.9 Å². The molecule has 0 saturated heterocycles. The van der Waals surface area contributed by atoms with Crippen LogP contribution in [0.5, 0.6) is 0 Å². The fourth-order valence-electron chi connectivity index (χ4n) is 2.84. The summed E-state index contributed by atoms with van der Waals surface area (Å²) < 4.78 is 0. The Morgan fingerprint density at radius 3 is 2.88 bits per heavy atom. The Morgan fingerprint density at radius 2 is 2.12 bits per heavy atom. The molecule has 0 bridgehead atoms. The largest absolute Gasteiger partial charge is 0.340 e. The van der Waals surface area contributed by atoms with Crippen LogP contribution in [0, 0.1) is 12.8 Å². The first kappa shape index (κ1) is 10.8. The maximum absolute atomic E-state index is 4.60. The van der Waals surface area contributed by atoms with E-state index < -0.39 is 0 Å². The minimum absolute atomic E-state index is 0.824. The van der Waals surface area contributed by atoms with E-state index >= 15 is 0 Å². The summed E-state index contributed by atoms with van der Waals surface area (Å²) in [6, 6.07) is 2.03. The Morgan fingerprint density at radius 1 is 1.29 bits per heavy atom. The van der Waals surface area contributed by atoms with Crippen molar-refractivity contribution < 1.29 is 0 Å². The number of aromatic nitrogens is 3. The molecule has 0 aromatic carbocycles. The number of fused-ring (bicyclic) bond motifs is 1. The van der Waals surface area contributed by atoms with E-state index in [-0.39, 0.29) is 0 Å². The molecular weight excluding hydrogens is 210 g/mol. The lowest BCUT2D eigenvalue weighted by Gasteiger charge is -2.20. The van der Waals surface area contributed by atoms with Crippen molar-refractivity contribution in [3.63, 3.8) is 0 Å². The SMILES string of the molecule is Cc1ccnc2nc(CC3CCCCC3)[nH]c12. The second kappa shape index (κ2) is 4.47. The fraction of sp³-hybridized carbons (Fsp3) is 0.571. The highest BCUT2D eigenvalue weighted by molar-refractivity contribution is 5.74. The van der Waals surface area contributed by atoms with Gasteiger partial charge < -0.3 is 4.98 Å². The van der Waals surface area contributed by atoms with Gasteiger partial charge in [0.15, 0.2) is 5.65 Å². The van der Waals surface area contributed by atoms with Gasteiger partial charge in [-0.15, -0.1) is 0 Å². The summed E-state index contributed by atoms with van der Waals surface area (Å²) in [4.78, 5) is 12.4. The maximum atomic E-state index is 4.60. The van der Waals surface area contributed by atoms with E-state index in [1.54, 1.807) is 0 Å². The first-order valence-electron chi connectivity index (χ1n) is 6.63. The monoisotopic (exact) mass is 229 g/mol. The number of hydrogen-bond donors (Lipinski definition) is 1. The normalized spacial score (nSPS) is 17.7. The van der Waals surface area contributed by atoms with E-state index in [1.807, 2.05) is 12.3 Å². The molecule has 1 aliphatic rings. The van der Waals surface area contributed by atoms with Crippen molar-refractivity contribution in [3.8, 4) is 0 Å². The molecule has 1 N–H and O–H groups in total. The second-order valence-electron chi connectivity index (χ2n) is 5.22. The third-order valence-electron chi connectivity index (χ3n) is 3.86. The molecule has 0 unspecified atom stereocenters. The number of rotatable bonds is 2. The fourth-order valence-corrected chi connectivity index (χ4v) is 2.84. The highest BCUT2D eigenvalue weighted by Gasteiger charge is 2.16. The average Bonchev–Trinajstić information content (AvgIpc) is 2.74. The van der Waals surface area contributed by atoms with Crippen molar-refractivity contribution in [2.45, 2.75) is 45.4 Å². The minimum Gasteiger partial charge on any atom is -0.340 e. The summed E-state index contributed by atoms with van der Waals surface area (Å²) in [5.74, 6) is 1.94. The Kier molecular flexibility index (Phi) is 2.83. The zero-order valence-corrected chi connectivity index (χ0v) is 10.4. The van der Waals surface area contributed by atoms with Gasteiger partial charge in [0.1, 0.15) is 5.82 Å². The number of pyridine rings is 1. The molecule has 17 heavy (non-hydrogen) atoms. The van der Waals surface area contributed by atoms with E-state index in [0.717, 1.165) is 29.3 Å². The molecule has 1 aliphatic carbocycles. The molecule has 0 amide bonds. The minimum atomic E-state index is 0.824. The first-order valence-corrected chi connectivity index (χ1v) is 6.63. The highest BCUT2D eigenvalue weighted by Crippen LogP contribution is 2.26. The third kappa shape index (κ3) is 2.19. The molecule has 2 aromatic rings. The van der Waals surface area contributed by atoms with Crippen molar-refractivity contribution in [2.75, 3.05) is 0 Å². The molecule has 1 fully saturated rings. The van der Waals surface area contributed by atoms with Crippen molar-refractivity contribution in [1.82, 2.24) is 15.0 Å². The summed E-state index contributed by atoms with van der Waals surface area (Å²) in [7, 11) is 0. The predicted molar refractivity (Wildman–Crippen MR) is 68.9 cm³/mol. The van der Waals surface area contributed by atoms with Gasteiger partial charge in [0.25, 0.3) is 0 Å². The van der Waals surface area contributed by atoms with Gasteiger partial charge in [-0.25, -0.2) is 9.97 Å². The van der Waals surface area contributed by atoms with Crippen LogP contribution in [0.1, 0.15) is 43.5 Å². The van der Waals surface area contributed by atoms with Crippen LogP contribution in [0.3, 0.4) is 0 Å². The average molecular weight is 229 g/mol. The number of nitrogens with one attached hydrogen (secondary N) is 1. The lowest BCUT2D eigenvalue weighted by molar-refractivity contribution is 0.352. The Labute approximate surface area is 102 Å². The van der Waals surface area contributed by atoms with Crippen LogP contribution < -0.4 is 0 Å². The van der Waals surface area contributed by atoms with E-state index in [0.29, 0.717) is 0 Å².